The number of aromatic amines is 2. The Morgan fingerprint density at radius 3 is 2.50 bits per heavy atom. The predicted octanol–water partition coefficient (Wildman–Crippen LogP) is -1.21. The van der Waals surface area contributed by atoms with Crippen molar-refractivity contribution in [2.75, 3.05) is 52.4 Å². The highest BCUT2D eigenvalue weighted by molar-refractivity contribution is 5.90. The third-order valence-electron chi connectivity index (χ3n) is 6.38. The molecular weight excluding hydrogens is 544 g/mol. The van der Waals surface area contributed by atoms with E-state index in [2.05, 4.69) is 30.6 Å². The summed E-state index contributed by atoms with van der Waals surface area (Å²) in [6.07, 6.45) is 6.72. The van der Waals surface area contributed by atoms with Gasteiger partial charge in [0.05, 0.1) is 19.6 Å². The second-order valence-corrected chi connectivity index (χ2v) is 9.53. The number of aromatic nitrogens is 3. The Morgan fingerprint density at radius 2 is 1.76 bits per heavy atom. The van der Waals surface area contributed by atoms with Gasteiger partial charge in [-0.1, -0.05) is 18.2 Å². The average molecular weight is 583 g/mol. The largest absolute Gasteiger partial charge is 0.480 e. The number of carbonyl (C=O) groups excluding carboxylic acids is 3. The van der Waals surface area contributed by atoms with E-state index < -0.39 is 24.3 Å². The van der Waals surface area contributed by atoms with Gasteiger partial charge in [-0.2, -0.15) is 0 Å². The summed E-state index contributed by atoms with van der Waals surface area (Å²) in [5, 5.41) is 15.3. The molecule has 1 aromatic carbocycles. The number of hydrogen-bond acceptors (Lipinski definition) is 7. The van der Waals surface area contributed by atoms with Crippen LogP contribution in [-0.4, -0.2) is 112 Å². The first-order valence-corrected chi connectivity index (χ1v) is 13.6. The minimum atomic E-state index is -1.21. The second-order valence-electron chi connectivity index (χ2n) is 9.53. The van der Waals surface area contributed by atoms with Gasteiger partial charge in [-0.15, -0.1) is 0 Å². The summed E-state index contributed by atoms with van der Waals surface area (Å²) in [6.45, 7) is -0.0915. The van der Waals surface area contributed by atoms with Crippen molar-refractivity contribution in [3.05, 3.63) is 54.2 Å². The maximum Gasteiger partial charge on any atom is 0.322 e. The number of aliphatic carboxylic acids is 1. The summed E-state index contributed by atoms with van der Waals surface area (Å²) in [5.74, 6) is -1.89. The number of aliphatic imine (C=N–C) groups is 1. The molecule has 2 aromatic heterocycles. The van der Waals surface area contributed by atoms with E-state index in [4.69, 9.17) is 16.6 Å². The lowest BCUT2D eigenvalue weighted by Gasteiger charge is -2.27. The molecule has 15 nitrogen and oxygen atoms in total. The number of nitrogens with two attached hydrogens (primary N) is 2. The van der Waals surface area contributed by atoms with E-state index in [9.17, 15) is 19.2 Å². The highest BCUT2D eigenvalue weighted by atomic mass is 16.4. The Balaban J connectivity index is 1.68. The fourth-order valence-corrected chi connectivity index (χ4v) is 4.26. The Bertz CT molecular complexity index is 1350. The van der Waals surface area contributed by atoms with Gasteiger partial charge in [0.1, 0.15) is 12.4 Å². The van der Waals surface area contributed by atoms with Gasteiger partial charge in [0.25, 0.3) is 0 Å². The number of H-pyrrole nitrogens is 2. The topological polar surface area (TPSA) is 228 Å². The molecule has 0 unspecified atom stereocenters. The molecule has 0 saturated heterocycles. The van der Waals surface area contributed by atoms with Crippen molar-refractivity contribution < 1.29 is 24.3 Å². The number of carboxylic acids is 1. The molecule has 15 heteroatoms. The van der Waals surface area contributed by atoms with Crippen molar-refractivity contribution in [1.82, 2.24) is 35.4 Å². The number of carbonyl (C=O) groups is 4. The fourth-order valence-electron chi connectivity index (χ4n) is 4.26. The van der Waals surface area contributed by atoms with E-state index in [-0.39, 0.29) is 51.1 Å². The van der Waals surface area contributed by atoms with Crippen LogP contribution in [-0.2, 0) is 32.0 Å². The number of fused-ring (bicyclic) bond motifs is 1. The van der Waals surface area contributed by atoms with Crippen molar-refractivity contribution in [3.8, 4) is 0 Å². The number of amides is 3. The van der Waals surface area contributed by atoms with Gasteiger partial charge in [0.2, 0.25) is 17.7 Å². The summed E-state index contributed by atoms with van der Waals surface area (Å²) in [6, 6.07) is 7.82. The molecule has 0 saturated carbocycles. The first-order chi connectivity index (χ1) is 20.2. The van der Waals surface area contributed by atoms with Crippen LogP contribution in [0.3, 0.4) is 0 Å². The Kier molecular flexibility index (Phi) is 12.3. The number of imidazole rings is 1. The number of nitrogens with one attached hydrogen (secondary N) is 4. The molecule has 0 aliphatic carbocycles. The van der Waals surface area contributed by atoms with Crippen LogP contribution in [0.2, 0.25) is 0 Å². The SMILES string of the molecule is NC(N)=NCCCN(CC(=O)NCC(=O)O)C(=O)CN(CCc1c[nH]c2ccccc12)C(=O)CNCCc1ncc[nH]1. The van der Waals surface area contributed by atoms with E-state index in [0.717, 1.165) is 22.3 Å². The second kappa shape index (κ2) is 16.4. The van der Waals surface area contributed by atoms with E-state index in [1.54, 1.807) is 12.4 Å². The van der Waals surface area contributed by atoms with Crippen molar-refractivity contribution in [2.24, 2.45) is 16.5 Å². The van der Waals surface area contributed by atoms with E-state index in [1.807, 2.05) is 30.5 Å². The third-order valence-corrected chi connectivity index (χ3v) is 6.38. The minimum absolute atomic E-state index is 0.00542. The van der Waals surface area contributed by atoms with Crippen molar-refractivity contribution in [1.29, 1.82) is 0 Å². The van der Waals surface area contributed by atoms with Crippen LogP contribution in [0.1, 0.15) is 17.8 Å². The van der Waals surface area contributed by atoms with Crippen LogP contribution in [0.4, 0.5) is 0 Å². The molecule has 2 heterocycles. The summed E-state index contributed by atoms with van der Waals surface area (Å²) >= 11 is 0. The van der Waals surface area contributed by atoms with Gasteiger partial charge in [-0.3, -0.25) is 24.2 Å². The minimum Gasteiger partial charge on any atom is -0.480 e. The molecule has 0 atom stereocenters. The molecule has 9 N–H and O–H groups in total. The lowest BCUT2D eigenvalue weighted by Crippen LogP contribution is -2.49. The van der Waals surface area contributed by atoms with Crippen LogP contribution in [0.25, 0.3) is 10.9 Å². The normalized spacial score (nSPS) is 10.8. The molecule has 0 fully saturated rings. The Hall–Kier alpha value is -4.92. The van der Waals surface area contributed by atoms with E-state index in [1.165, 1.54) is 9.80 Å². The van der Waals surface area contributed by atoms with Crippen LogP contribution in [0, 0.1) is 0 Å². The number of para-hydroxylation sites is 1. The predicted molar refractivity (Wildman–Crippen MR) is 156 cm³/mol. The van der Waals surface area contributed by atoms with Crippen LogP contribution < -0.4 is 22.1 Å². The first kappa shape index (κ1) is 31.6. The zero-order valence-electron chi connectivity index (χ0n) is 23.3. The third kappa shape index (κ3) is 10.6. The summed E-state index contributed by atoms with van der Waals surface area (Å²) in [5.41, 5.74) is 12.7. The molecule has 3 rings (SSSR count). The molecule has 0 spiro atoms. The van der Waals surface area contributed by atoms with Crippen molar-refractivity contribution in [2.45, 2.75) is 19.3 Å². The van der Waals surface area contributed by atoms with E-state index >= 15 is 0 Å². The van der Waals surface area contributed by atoms with Crippen LogP contribution in [0.15, 0.2) is 47.8 Å². The van der Waals surface area contributed by atoms with Crippen molar-refractivity contribution in [3.63, 3.8) is 0 Å². The quantitative estimate of drug-likeness (QED) is 0.0541. The number of nitrogens with zero attached hydrogens (tertiary/aromatic N) is 4. The number of rotatable bonds is 18. The number of hydrogen-bond donors (Lipinski definition) is 7. The van der Waals surface area contributed by atoms with Gasteiger partial charge in [0, 0.05) is 62.1 Å². The highest BCUT2D eigenvalue weighted by Gasteiger charge is 2.23. The lowest BCUT2D eigenvalue weighted by molar-refractivity contribution is -0.142. The summed E-state index contributed by atoms with van der Waals surface area (Å²) in [4.78, 5) is 67.0. The van der Waals surface area contributed by atoms with Gasteiger partial charge in [-0.05, 0) is 24.5 Å². The smallest absolute Gasteiger partial charge is 0.322 e. The molecule has 0 radical (unpaired) electrons. The molecule has 226 valence electrons. The summed E-state index contributed by atoms with van der Waals surface area (Å²) in [7, 11) is 0. The average Bonchev–Trinajstić information content (AvgIpc) is 3.63. The van der Waals surface area contributed by atoms with Gasteiger partial charge >= 0.3 is 5.97 Å². The molecule has 0 aliphatic rings. The summed E-state index contributed by atoms with van der Waals surface area (Å²) < 4.78 is 0. The van der Waals surface area contributed by atoms with Crippen molar-refractivity contribution >= 4 is 40.6 Å². The maximum atomic E-state index is 13.4. The number of guanidine groups is 1. The highest BCUT2D eigenvalue weighted by Crippen LogP contribution is 2.18. The maximum absolute atomic E-state index is 13.4. The Morgan fingerprint density at radius 1 is 0.976 bits per heavy atom. The van der Waals surface area contributed by atoms with E-state index in [0.29, 0.717) is 25.8 Å². The first-order valence-electron chi connectivity index (χ1n) is 13.6. The number of carboxylic acid groups (broad SMARTS) is 1. The fraction of sp³-hybridized carbons (Fsp3) is 0.407. The van der Waals surface area contributed by atoms with Crippen LogP contribution in [0.5, 0.6) is 0 Å². The van der Waals surface area contributed by atoms with Gasteiger partial charge in [0.15, 0.2) is 5.96 Å². The zero-order chi connectivity index (χ0) is 30.3. The van der Waals surface area contributed by atoms with Gasteiger partial charge in [-0.25, -0.2) is 4.98 Å². The standard InChI is InChI=1S/C27H38N10O5/c28-27(29)33-8-3-12-36(17-23(38)35-16-26(41)42)25(40)18-37(24(39)15-30-9-6-22-31-10-11-32-22)13-7-19-14-34-21-5-2-1-4-20(19)21/h1-2,4-5,10-11,14,30,34H,3,6-9,12-13,15-18H2,(H,31,32)(H,35,38)(H,41,42)(H4,28,29,33). The Labute approximate surface area is 242 Å². The zero-order valence-corrected chi connectivity index (χ0v) is 23.3. The monoisotopic (exact) mass is 582 g/mol. The lowest BCUT2D eigenvalue weighted by atomic mass is 10.1. The molecule has 3 amide bonds. The molecule has 0 aliphatic heterocycles. The molecule has 3 aromatic rings. The molecule has 42 heavy (non-hydrogen) atoms. The van der Waals surface area contributed by atoms with Gasteiger partial charge < -0.3 is 47.0 Å². The number of benzene rings is 1. The molecular formula is C27H38N10O5. The van der Waals surface area contributed by atoms with Crippen LogP contribution >= 0.6 is 0 Å². The molecule has 0 bridgehead atoms.